The Morgan fingerprint density at radius 1 is 1.14 bits per heavy atom. The van der Waals surface area contributed by atoms with Crippen molar-refractivity contribution in [2.45, 2.75) is 24.2 Å². The zero-order valence-electron chi connectivity index (χ0n) is 12.0. The molecule has 2 aromatic carbocycles. The minimum atomic E-state index is 0.185. The third-order valence-electron chi connectivity index (χ3n) is 4.27. The number of hydrogen-bond acceptors (Lipinski definition) is 3. The summed E-state index contributed by atoms with van der Waals surface area (Å²) in [5.41, 5.74) is 3.25. The Hall–Kier alpha value is -2.05. The number of rotatable bonds is 0. The van der Waals surface area contributed by atoms with Gasteiger partial charge in [0.25, 0.3) is 0 Å². The van der Waals surface area contributed by atoms with Gasteiger partial charge in [-0.15, -0.1) is 11.8 Å². The predicted molar refractivity (Wildman–Crippen MR) is 87.7 cm³/mol. The molecule has 3 heteroatoms. The molecule has 4 rings (SSSR count). The van der Waals surface area contributed by atoms with Crippen LogP contribution in [0, 0.1) is 11.3 Å². The molecule has 3 aromatic rings. The SMILES string of the molecule is CC1(C)CSc2c1cnc1c2ccc2c(C#N)cccc21. The minimum Gasteiger partial charge on any atom is -0.255 e. The highest BCUT2D eigenvalue weighted by atomic mass is 32.2. The summed E-state index contributed by atoms with van der Waals surface area (Å²) < 4.78 is 0. The van der Waals surface area contributed by atoms with Crippen LogP contribution in [-0.4, -0.2) is 10.7 Å². The molecule has 0 spiro atoms. The second-order valence-electron chi connectivity index (χ2n) is 6.15. The van der Waals surface area contributed by atoms with Crippen LogP contribution >= 0.6 is 11.8 Å². The van der Waals surface area contributed by atoms with Gasteiger partial charge < -0.3 is 0 Å². The number of pyridine rings is 1. The topological polar surface area (TPSA) is 36.7 Å². The van der Waals surface area contributed by atoms with Crippen LogP contribution in [0.3, 0.4) is 0 Å². The van der Waals surface area contributed by atoms with E-state index < -0.39 is 0 Å². The van der Waals surface area contributed by atoms with Crippen molar-refractivity contribution in [1.29, 1.82) is 5.26 Å². The molecule has 1 aliphatic heterocycles. The summed E-state index contributed by atoms with van der Waals surface area (Å²) in [6.07, 6.45) is 2.02. The maximum atomic E-state index is 9.26. The second-order valence-corrected chi connectivity index (χ2v) is 7.13. The van der Waals surface area contributed by atoms with E-state index in [2.05, 4.69) is 38.1 Å². The van der Waals surface area contributed by atoms with Crippen LogP contribution in [0.4, 0.5) is 0 Å². The van der Waals surface area contributed by atoms with Crippen molar-refractivity contribution in [3.05, 3.63) is 47.7 Å². The number of fused-ring (bicyclic) bond motifs is 5. The number of nitrogens with zero attached hydrogens (tertiary/aromatic N) is 2. The molecule has 0 saturated carbocycles. The van der Waals surface area contributed by atoms with Gasteiger partial charge in [0.15, 0.2) is 0 Å². The van der Waals surface area contributed by atoms with E-state index in [-0.39, 0.29) is 5.41 Å². The first-order chi connectivity index (χ1) is 10.1. The van der Waals surface area contributed by atoms with Gasteiger partial charge >= 0.3 is 0 Å². The smallest absolute Gasteiger partial charge is 0.0998 e. The first kappa shape index (κ1) is 12.7. The third kappa shape index (κ3) is 1.69. The van der Waals surface area contributed by atoms with Gasteiger partial charge in [-0.3, -0.25) is 4.98 Å². The highest BCUT2D eigenvalue weighted by Gasteiger charge is 2.32. The monoisotopic (exact) mass is 290 g/mol. The quantitative estimate of drug-likeness (QED) is 0.566. The lowest BCUT2D eigenvalue weighted by Crippen LogP contribution is -2.15. The summed E-state index contributed by atoms with van der Waals surface area (Å²) in [7, 11) is 0. The van der Waals surface area contributed by atoms with Crippen molar-refractivity contribution in [1.82, 2.24) is 4.98 Å². The molecule has 0 aliphatic carbocycles. The number of hydrogen-bond donors (Lipinski definition) is 0. The zero-order chi connectivity index (χ0) is 14.6. The van der Waals surface area contributed by atoms with Gasteiger partial charge in [-0.2, -0.15) is 5.26 Å². The molecule has 0 atom stereocenters. The predicted octanol–water partition coefficient (Wildman–Crippen LogP) is 4.64. The summed E-state index contributed by atoms with van der Waals surface area (Å²) in [5, 5.41) is 12.5. The van der Waals surface area contributed by atoms with Gasteiger partial charge in [0.1, 0.15) is 0 Å². The fourth-order valence-electron chi connectivity index (χ4n) is 3.06. The van der Waals surface area contributed by atoms with Crippen molar-refractivity contribution >= 4 is 33.4 Å². The highest BCUT2D eigenvalue weighted by molar-refractivity contribution is 8.00. The van der Waals surface area contributed by atoms with Crippen LogP contribution in [0.25, 0.3) is 21.7 Å². The van der Waals surface area contributed by atoms with Crippen molar-refractivity contribution in [2.75, 3.05) is 5.75 Å². The molecule has 0 N–H and O–H groups in total. The molecule has 2 nitrogen and oxygen atoms in total. The molecule has 1 aliphatic rings. The first-order valence-corrected chi connectivity index (χ1v) is 7.98. The van der Waals surface area contributed by atoms with E-state index in [1.165, 1.54) is 15.8 Å². The van der Waals surface area contributed by atoms with Crippen molar-refractivity contribution in [3.8, 4) is 6.07 Å². The van der Waals surface area contributed by atoms with Gasteiger partial charge in [0.05, 0.1) is 17.1 Å². The van der Waals surface area contributed by atoms with Crippen LogP contribution in [0.1, 0.15) is 25.0 Å². The van der Waals surface area contributed by atoms with E-state index in [0.717, 1.165) is 22.0 Å². The highest BCUT2D eigenvalue weighted by Crippen LogP contribution is 2.47. The van der Waals surface area contributed by atoms with E-state index in [1.54, 1.807) is 0 Å². The Kier molecular flexibility index (Phi) is 2.55. The zero-order valence-corrected chi connectivity index (χ0v) is 12.8. The lowest BCUT2D eigenvalue weighted by atomic mass is 9.87. The molecular weight excluding hydrogens is 276 g/mol. The lowest BCUT2D eigenvalue weighted by Gasteiger charge is -2.17. The maximum Gasteiger partial charge on any atom is 0.0998 e. The minimum absolute atomic E-state index is 0.185. The van der Waals surface area contributed by atoms with E-state index >= 15 is 0 Å². The Morgan fingerprint density at radius 3 is 2.76 bits per heavy atom. The second kappa shape index (κ2) is 4.22. The molecule has 0 fully saturated rings. The number of aromatic nitrogens is 1. The molecule has 2 heterocycles. The van der Waals surface area contributed by atoms with E-state index in [9.17, 15) is 5.26 Å². The summed E-state index contributed by atoms with van der Waals surface area (Å²) >= 11 is 1.92. The van der Waals surface area contributed by atoms with Crippen LogP contribution < -0.4 is 0 Å². The molecule has 0 saturated heterocycles. The molecule has 0 bridgehead atoms. The summed E-state index contributed by atoms with van der Waals surface area (Å²) in [4.78, 5) is 6.09. The Labute approximate surface area is 127 Å². The Bertz CT molecular complexity index is 935. The van der Waals surface area contributed by atoms with Crippen LogP contribution in [0.5, 0.6) is 0 Å². The van der Waals surface area contributed by atoms with Gasteiger partial charge in [-0.25, -0.2) is 0 Å². The molecule has 0 radical (unpaired) electrons. The van der Waals surface area contributed by atoms with Crippen molar-refractivity contribution in [3.63, 3.8) is 0 Å². The molecule has 21 heavy (non-hydrogen) atoms. The van der Waals surface area contributed by atoms with Crippen LogP contribution in [0.2, 0.25) is 0 Å². The van der Waals surface area contributed by atoms with Gasteiger partial charge in [0.2, 0.25) is 0 Å². The molecular formula is C18H14N2S. The molecule has 1 aromatic heterocycles. The normalized spacial score (nSPS) is 16.0. The number of nitriles is 1. The lowest BCUT2D eigenvalue weighted by molar-refractivity contribution is 0.603. The molecule has 0 amide bonds. The van der Waals surface area contributed by atoms with E-state index in [1.807, 2.05) is 30.1 Å². The van der Waals surface area contributed by atoms with Gasteiger partial charge in [-0.05, 0) is 11.6 Å². The van der Waals surface area contributed by atoms with Crippen LogP contribution in [0.15, 0.2) is 41.4 Å². The van der Waals surface area contributed by atoms with E-state index in [4.69, 9.17) is 4.98 Å². The van der Waals surface area contributed by atoms with Gasteiger partial charge in [-0.1, -0.05) is 38.1 Å². The summed E-state index contributed by atoms with van der Waals surface area (Å²) in [6, 6.07) is 12.3. The Balaban J connectivity index is 2.14. The number of thioether (sulfide) groups is 1. The largest absolute Gasteiger partial charge is 0.255 e. The van der Waals surface area contributed by atoms with Crippen molar-refractivity contribution in [2.24, 2.45) is 0 Å². The average Bonchev–Trinajstić information content (AvgIpc) is 2.82. The molecule has 102 valence electrons. The Morgan fingerprint density at radius 2 is 1.95 bits per heavy atom. The van der Waals surface area contributed by atoms with Crippen LogP contribution in [-0.2, 0) is 5.41 Å². The van der Waals surface area contributed by atoms with E-state index in [0.29, 0.717) is 5.56 Å². The third-order valence-corrected chi connectivity index (χ3v) is 5.87. The van der Waals surface area contributed by atoms with Gasteiger partial charge in [0, 0.05) is 38.4 Å². The maximum absolute atomic E-state index is 9.26. The number of benzene rings is 2. The summed E-state index contributed by atoms with van der Waals surface area (Å²) in [5.74, 6) is 1.10. The standard InChI is InChI=1S/C18H14N2S/c1-18(2)10-21-17-14-7-6-12-11(8-19)4-3-5-13(12)16(14)20-9-15(17)18/h3-7,9H,10H2,1-2H3. The fourth-order valence-corrected chi connectivity index (χ4v) is 4.53. The average molecular weight is 290 g/mol. The fraction of sp³-hybridized carbons (Fsp3) is 0.222. The molecule has 0 unspecified atom stereocenters. The van der Waals surface area contributed by atoms with Crippen molar-refractivity contribution < 1.29 is 0 Å². The first-order valence-electron chi connectivity index (χ1n) is 7.00. The summed E-state index contributed by atoms with van der Waals surface area (Å²) in [6.45, 7) is 4.54.